The second-order valence-electron chi connectivity index (χ2n) is 5.73. The van der Waals surface area contributed by atoms with Crippen LogP contribution >= 0.6 is 0 Å². The second-order valence-corrected chi connectivity index (χ2v) is 5.73. The number of carbonyl (C=O) groups is 1. The Bertz CT molecular complexity index is 1090. The van der Waals surface area contributed by atoms with Gasteiger partial charge in [0.15, 0.2) is 23.5 Å². The van der Waals surface area contributed by atoms with Crippen molar-refractivity contribution in [3.8, 4) is 34.3 Å². The number of aliphatic carboxylic acids is 1. The Morgan fingerprint density at radius 1 is 0.966 bits per heavy atom. The lowest BCUT2D eigenvalue weighted by atomic mass is 10.1. The van der Waals surface area contributed by atoms with Crippen LogP contribution in [0.15, 0.2) is 45.6 Å². The van der Waals surface area contributed by atoms with Crippen LogP contribution in [0.25, 0.3) is 22.3 Å². The zero-order valence-electron chi connectivity index (χ0n) is 16.0. The molecule has 3 N–H and O–H groups in total. The Morgan fingerprint density at radius 2 is 1.66 bits per heavy atom. The van der Waals surface area contributed by atoms with Crippen molar-refractivity contribution in [1.29, 1.82) is 0 Å². The fourth-order valence-electron chi connectivity index (χ4n) is 2.75. The number of carboxylic acids is 1. The average Bonchev–Trinajstić information content (AvgIpc) is 2.70. The summed E-state index contributed by atoms with van der Waals surface area (Å²) in [6, 6.07) is 9.36. The molecule has 3 aromatic rings. The number of ether oxygens (including phenoxy) is 4. The van der Waals surface area contributed by atoms with E-state index in [-0.39, 0.29) is 33.4 Å². The van der Waals surface area contributed by atoms with Gasteiger partial charge in [0, 0.05) is 23.8 Å². The van der Waals surface area contributed by atoms with Crippen LogP contribution in [0, 0.1) is 0 Å². The highest BCUT2D eigenvalue weighted by Gasteiger charge is 2.15. The molecule has 3 rings (SSSR count). The Hall–Kier alpha value is -3.72. The summed E-state index contributed by atoms with van der Waals surface area (Å²) in [6.07, 6.45) is 0. The van der Waals surface area contributed by atoms with Crippen molar-refractivity contribution in [1.82, 2.24) is 0 Å². The van der Waals surface area contributed by atoms with Crippen LogP contribution in [0.3, 0.4) is 0 Å². The normalized spacial score (nSPS) is 10.2. The number of rotatable bonds is 7. The molecule has 29 heavy (non-hydrogen) atoms. The van der Waals surface area contributed by atoms with Gasteiger partial charge in [0.05, 0.1) is 21.3 Å². The van der Waals surface area contributed by atoms with E-state index in [1.165, 1.54) is 39.5 Å². The maximum atomic E-state index is 12.7. The van der Waals surface area contributed by atoms with Crippen LogP contribution in [-0.4, -0.2) is 44.5 Å². The van der Waals surface area contributed by atoms with Crippen LogP contribution in [-0.2, 0) is 4.79 Å². The first-order valence-corrected chi connectivity index (χ1v) is 8.19. The predicted octanol–water partition coefficient (Wildman–Crippen LogP) is 2.12. The first-order chi connectivity index (χ1) is 13.5. The van der Waals surface area contributed by atoms with E-state index in [0.29, 0.717) is 22.8 Å². The van der Waals surface area contributed by atoms with Gasteiger partial charge in [0.25, 0.3) is 0 Å². The third kappa shape index (κ3) is 4.41. The quantitative estimate of drug-likeness (QED) is 0.632. The van der Waals surface area contributed by atoms with E-state index in [0.717, 1.165) is 0 Å². The van der Waals surface area contributed by atoms with E-state index in [2.05, 4.69) is 0 Å². The fourth-order valence-corrected chi connectivity index (χ4v) is 2.75. The van der Waals surface area contributed by atoms with E-state index in [4.69, 9.17) is 28.5 Å². The van der Waals surface area contributed by atoms with Crippen molar-refractivity contribution < 1.29 is 38.7 Å². The van der Waals surface area contributed by atoms with E-state index in [9.17, 15) is 9.59 Å². The highest BCUT2D eigenvalue weighted by Crippen LogP contribution is 2.35. The minimum Gasteiger partial charge on any atom is -0.496 e. The monoisotopic (exact) mass is 404 g/mol. The molecule has 0 atom stereocenters. The van der Waals surface area contributed by atoms with Gasteiger partial charge < -0.3 is 33.9 Å². The molecule has 0 aliphatic heterocycles. The summed E-state index contributed by atoms with van der Waals surface area (Å²) in [5.74, 6) is 0.639. The molecule has 1 heterocycles. The van der Waals surface area contributed by atoms with Gasteiger partial charge >= 0.3 is 5.97 Å². The smallest absolute Gasteiger partial charge is 0.341 e. The first kappa shape index (κ1) is 21.6. The highest BCUT2D eigenvalue weighted by molar-refractivity contribution is 5.86. The molecule has 0 spiro atoms. The summed E-state index contributed by atoms with van der Waals surface area (Å²) in [5, 5.41) is 9.02. The molecule has 9 nitrogen and oxygen atoms in total. The molecule has 0 saturated carbocycles. The van der Waals surface area contributed by atoms with E-state index in [1.807, 2.05) is 0 Å². The largest absolute Gasteiger partial charge is 0.496 e. The summed E-state index contributed by atoms with van der Waals surface area (Å²) in [4.78, 5) is 23.4. The lowest BCUT2D eigenvalue weighted by Gasteiger charge is -2.11. The molecule has 0 unspecified atom stereocenters. The van der Waals surface area contributed by atoms with Crippen LogP contribution in [0.5, 0.6) is 23.0 Å². The van der Waals surface area contributed by atoms with Gasteiger partial charge in [-0.25, -0.2) is 4.79 Å². The molecule has 0 saturated heterocycles. The van der Waals surface area contributed by atoms with Crippen LogP contribution in [0.2, 0.25) is 0 Å². The van der Waals surface area contributed by atoms with Crippen molar-refractivity contribution in [2.75, 3.05) is 27.9 Å². The summed E-state index contributed by atoms with van der Waals surface area (Å²) in [5.41, 5.74) is 0.497. The van der Waals surface area contributed by atoms with Gasteiger partial charge in [0.2, 0.25) is 0 Å². The fraction of sp³-hybridized carbons (Fsp3) is 0.200. The molecule has 9 heteroatoms. The topological polar surface area (TPSA) is 136 Å². The lowest BCUT2D eigenvalue weighted by molar-refractivity contribution is -0.139. The second kappa shape index (κ2) is 8.98. The molecular weight excluding hydrogens is 384 g/mol. The molecule has 2 aromatic carbocycles. The minimum absolute atomic E-state index is 0. The SMILES string of the molecule is COc1ccc(-c2cc(=O)c3c(OC)cc(OCC(=O)O)cc3o2)cc1OC.O. The minimum atomic E-state index is -1.13. The Kier molecular flexibility index (Phi) is 6.68. The number of benzene rings is 2. The zero-order valence-corrected chi connectivity index (χ0v) is 16.0. The molecule has 0 aliphatic carbocycles. The summed E-state index contributed by atoms with van der Waals surface area (Å²) < 4.78 is 26.8. The highest BCUT2D eigenvalue weighted by atomic mass is 16.5. The van der Waals surface area contributed by atoms with E-state index >= 15 is 0 Å². The Morgan fingerprint density at radius 3 is 2.28 bits per heavy atom. The molecule has 0 bridgehead atoms. The van der Waals surface area contributed by atoms with Crippen LogP contribution < -0.4 is 24.4 Å². The summed E-state index contributed by atoms with van der Waals surface area (Å²) in [6.45, 7) is -0.533. The van der Waals surface area contributed by atoms with Crippen molar-refractivity contribution in [2.24, 2.45) is 0 Å². The van der Waals surface area contributed by atoms with Crippen molar-refractivity contribution in [3.05, 3.63) is 46.6 Å². The zero-order chi connectivity index (χ0) is 20.3. The molecule has 0 radical (unpaired) electrons. The summed E-state index contributed by atoms with van der Waals surface area (Å²) >= 11 is 0. The first-order valence-electron chi connectivity index (χ1n) is 8.19. The Balaban J connectivity index is 0.00000300. The van der Waals surface area contributed by atoms with Crippen molar-refractivity contribution >= 4 is 16.9 Å². The van der Waals surface area contributed by atoms with Gasteiger partial charge in [-0.15, -0.1) is 0 Å². The maximum Gasteiger partial charge on any atom is 0.341 e. The number of hydrogen-bond donors (Lipinski definition) is 1. The summed E-state index contributed by atoms with van der Waals surface area (Å²) in [7, 11) is 4.44. The number of hydrogen-bond acceptors (Lipinski definition) is 7. The van der Waals surface area contributed by atoms with E-state index < -0.39 is 12.6 Å². The number of fused-ring (bicyclic) bond motifs is 1. The van der Waals surface area contributed by atoms with Crippen molar-refractivity contribution in [2.45, 2.75) is 0 Å². The number of methoxy groups -OCH3 is 3. The Labute approximate surface area is 165 Å². The third-order valence-electron chi connectivity index (χ3n) is 4.02. The predicted molar refractivity (Wildman–Crippen MR) is 104 cm³/mol. The number of carboxylic acid groups (broad SMARTS) is 1. The lowest BCUT2D eigenvalue weighted by Crippen LogP contribution is -2.10. The third-order valence-corrected chi connectivity index (χ3v) is 4.02. The van der Waals surface area contributed by atoms with E-state index in [1.54, 1.807) is 18.2 Å². The van der Waals surface area contributed by atoms with Crippen molar-refractivity contribution in [3.63, 3.8) is 0 Å². The van der Waals surface area contributed by atoms with Crippen LogP contribution in [0.1, 0.15) is 0 Å². The van der Waals surface area contributed by atoms with Gasteiger partial charge in [-0.05, 0) is 18.2 Å². The molecule has 0 amide bonds. The van der Waals surface area contributed by atoms with Gasteiger partial charge in [-0.2, -0.15) is 0 Å². The van der Waals surface area contributed by atoms with Crippen LogP contribution in [0.4, 0.5) is 0 Å². The maximum absolute atomic E-state index is 12.7. The standard InChI is InChI=1S/C20H18O8.H2O/c1-24-14-5-4-11(6-16(14)25-2)15-9-13(21)20-17(26-3)7-12(8-18(20)28-15)27-10-19(22)23;/h4-9H,10H2,1-3H3,(H,22,23);1H2. The average molecular weight is 404 g/mol. The van der Waals surface area contributed by atoms with Gasteiger partial charge in [-0.1, -0.05) is 0 Å². The molecular formula is C20H20O9. The van der Waals surface area contributed by atoms with Gasteiger partial charge in [-0.3, -0.25) is 4.79 Å². The molecule has 154 valence electrons. The molecule has 0 aliphatic rings. The van der Waals surface area contributed by atoms with Gasteiger partial charge in [0.1, 0.15) is 28.2 Å². The molecule has 0 fully saturated rings. The molecule has 1 aromatic heterocycles.